The van der Waals surface area contributed by atoms with Crippen molar-refractivity contribution in [3.05, 3.63) is 35.9 Å². The van der Waals surface area contributed by atoms with E-state index in [9.17, 15) is 0 Å². The van der Waals surface area contributed by atoms with Gasteiger partial charge in [0, 0.05) is 5.56 Å². The number of rotatable bonds is 0. The van der Waals surface area contributed by atoms with Crippen LogP contribution in [0.25, 0.3) is 6.08 Å². The summed E-state index contributed by atoms with van der Waals surface area (Å²) in [6.07, 6.45) is 5.38. The normalized spacial score (nSPS) is 13.5. The lowest BCUT2D eigenvalue weighted by atomic mass is 10.2. The molecule has 1 aliphatic rings. The van der Waals surface area contributed by atoms with Crippen molar-refractivity contribution < 1.29 is 4.84 Å². The Morgan fingerprint density at radius 1 is 1.45 bits per heavy atom. The van der Waals surface area contributed by atoms with E-state index in [1.54, 1.807) is 12.3 Å². The van der Waals surface area contributed by atoms with Gasteiger partial charge < -0.3 is 4.84 Å². The molecule has 11 heavy (non-hydrogen) atoms. The van der Waals surface area contributed by atoms with Gasteiger partial charge in [-0.05, 0) is 30.4 Å². The average molecular weight is 144 g/mol. The summed E-state index contributed by atoms with van der Waals surface area (Å²) in [5.41, 5.74) is 1.00. The monoisotopic (exact) mass is 144 g/mol. The Bertz CT molecular complexity index is 315. The van der Waals surface area contributed by atoms with E-state index in [0.717, 1.165) is 11.3 Å². The highest BCUT2D eigenvalue weighted by Gasteiger charge is 1.99. The molecule has 0 N–H and O–H groups in total. The van der Waals surface area contributed by atoms with Gasteiger partial charge in [-0.3, -0.25) is 0 Å². The summed E-state index contributed by atoms with van der Waals surface area (Å²) in [5.74, 6) is 0.772. The van der Waals surface area contributed by atoms with Gasteiger partial charge in [-0.1, -0.05) is 11.2 Å². The number of oxime groups is 1. The van der Waals surface area contributed by atoms with Crippen molar-refractivity contribution in [3.8, 4) is 5.75 Å². The lowest BCUT2D eigenvalue weighted by Gasteiger charge is -1.98. The van der Waals surface area contributed by atoms with Gasteiger partial charge in [-0.2, -0.15) is 0 Å². The Balaban J connectivity index is 2.52. The Morgan fingerprint density at radius 2 is 2.45 bits per heavy atom. The van der Waals surface area contributed by atoms with E-state index >= 15 is 0 Å². The first-order valence-corrected chi connectivity index (χ1v) is 3.34. The zero-order chi connectivity index (χ0) is 7.52. The van der Waals surface area contributed by atoms with Crippen LogP contribution in [0.15, 0.2) is 29.4 Å². The van der Waals surface area contributed by atoms with Gasteiger partial charge in [0.1, 0.15) is 0 Å². The predicted molar refractivity (Wildman–Crippen MR) is 43.4 cm³/mol. The maximum absolute atomic E-state index is 5.04. The molecule has 1 aromatic carbocycles. The molecule has 0 saturated heterocycles. The molecule has 0 fully saturated rings. The Kier molecular flexibility index (Phi) is 1.44. The number of hydrogen-bond acceptors (Lipinski definition) is 2. The van der Waals surface area contributed by atoms with E-state index in [1.165, 1.54) is 0 Å². The summed E-state index contributed by atoms with van der Waals surface area (Å²) < 4.78 is 0. The summed E-state index contributed by atoms with van der Waals surface area (Å²) in [6, 6.07) is 8.46. The van der Waals surface area contributed by atoms with Crippen LogP contribution in [0.2, 0.25) is 0 Å². The van der Waals surface area contributed by atoms with Gasteiger partial charge in [-0.25, -0.2) is 0 Å². The Hall–Kier alpha value is -1.57. The summed E-state index contributed by atoms with van der Waals surface area (Å²) >= 11 is 0. The topological polar surface area (TPSA) is 21.6 Å². The van der Waals surface area contributed by atoms with Crippen LogP contribution in [0.1, 0.15) is 5.56 Å². The van der Waals surface area contributed by atoms with E-state index < -0.39 is 0 Å². The molecule has 0 atom stereocenters. The highest BCUT2D eigenvalue weighted by atomic mass is 16.6. The first-order valence-electron chi connectivity index (χ1n) is 3.34. The summed E-state index contributed by atoms with van der Waals surface area (Å²) in [6.45, 7) is 0. The zero-order valence-corrected chi connectivity index (χ0v) is 5.82. The number of allylic oxidation sites excluding steroid dienone is 1. The lowest BCUT2D eigenvalue weighted by molar-refractivity contribution is 0.344. The molecule has 0 unspecified atom stereocenters. The van der Waals surface area contributed by atoms with E-state index in [1.807, 2.05) is 24.3 Å². The van der Waals surface area contributed by atoms with Gasteiger partial charge in [0.2, 0.25) is 0 Å². The molecule has 1 aliphatic heterocycles. The first kappa shape index (κ1) is 6.16. The predicted octanol–water partition coefficient (Wildman–Crippen LogP) is 1.88. The summed E-state index contributed by atoms with van der Waals surface area (Å²) in [7, 11) is 0. The van der Waals surface area contributed by atoms with Crippen molar-refractivity contribution >= 4 is 12.3 Å². The van der Waals surface area contributed by atoms with E-state index in [2.05, 4.69) is 11.2 Å². The quantitative estimate of drug-likeness (QED) is 0.544. The fraction of sp³-hybridized carbons (Fsp3) is 0. The van der Waals surface area contributed by atoms with Crippen molar-refractivity contribution in [1.29, 1.82) is 0 Å². The smallest absolute Gasteiger partial charge is 0.165 e. The van der Waals surface area contributed by atoms with Crippen molar-refractivity contribution in [1.82, 2.24) is 0 Å². The molecule has 2 nitrogen and oxygen atoms in total. The van der Waals surface area contributed by atoms with Crippen LogP contribution in [0, 0.1) is 6.07 Å². The molecule has 53 valence electrons. The fourth-order valence-corrected chi connectivity index (χ4v) is 0.911. The van der Waals surface area contributed by atoms with E-state index in [-0.39, 0.29) is 0 Å². The van der Waals surface area contributed by atoms with Crippen LogP contribution >= 0.6 is 0 Å². The SMILES string of the molecule is [c]1ccc2c(c1)C=CC=NO2. The molecule has 2 rings (SSSR count). The molecule has 0 bridgehead atoms. The second-order valence-electron chi connectivity index (χ2n) is 2.17. The van der Waals surface area contributed by atoms with Crippen LogP contribution < -0.4 is 4.84 Å². The fourth-order valence-electron chi connectivity index (χ4n) is 0.911. The summed E-state index contributed by atoms with van der Waals surface area (Å²) in [4.78, 5) is 5.04. The van der Waals surface area contributed by atoms with Crippen molar-refractivity contribution in [2.75, 3.05) is 0 Å². The third kappa shape index (κ3) is 1.15. The molecule has 1 radical (unpaired) electrons. The molecule has 0 amide bonds. The number of benzene rings is 1. The third-order valence-corrected chi connectivity index (χ3v) is 1.43. The first-order chi connectivity index (χ1) is 5.47. The summed E-state index contributed by atoms with van der Waals surface area (Å²) in [5, 5.41) is 3.69. The van der Waals surface area contributed by atoms with Crippen molar-refractivity contribution in [2.24, 2.45) is 5.16 Å². The molecule has 1 heterocycles. The molecule has 0 spiro atoms. The molecule has 0 aliphatic carbocycles. The Labute approximate surface area is 64.8 Å². The maximum atomic E-state index is 5.04. The zero-order valence-electron chi connectivity index (χ0n) is 5.82. The van der Waals surface area contributed by atoms with E-state index in [0.29, 0.717) is 0 Å². The lowest BCUT2D eigenvalue weighted by Crippen LogP contribution is -1.83. The van der Waals surface area contributed by atoms with Crippen LogP contribution in [-0.2, 0) is 0 Å². The minimum Gasteiger partial charge on any atom is -0.356 e. The second kappa shape index (κ2) is 2.58. The van der Waals surface area contributed by atoms with E-state index in [4.69, 9.17) is 4.84 Å². The minimum absolute atomic E-state index is 0.772. The molecule has 0 saturated carbocycles. The van der Waals surface area contributed by atoms with Gasteiger partial charge >= 0.3 is 0 Å². The van der Waals surface area contributed by atoms with Gasteiger partial charge in [0.15, 0.2) is 5.75 Å². The Morgan fingerprint density at radius 3 is 3.45 bits per heavy atom. The molecule has 1 aromatic rings. The largest absolute Gasteiger partial charge is 0.356 e. The van der Waals surface area contributed by atoms with Crippen LogP contribution in [0.5, 0.6) is 5.75 Å². The van der Waals surface area contributed by atoms with Crippen LogP contribution in [0.4, 0.5) is 0 Å². The standard InChI is InChI=1S/C9H6NO/c1-2-6-9-8(4-1)5-3-7-10-11-9/h2-7H. The molecular formula is C9H6NO. The van der Waals surface area contributed by atoms with Gasteiger partial charge in [-0.15, -0.1) is 0 Å². The maximum Gasteiger partial charge on any atom is 0.165 e. The molecular weight excluding hydrogens is 138 g/mol. The van der Waals surface area contributed by atoms with Gasteiger partial charge in [0.25, 0.3) is 0 Å². The average Bonchev–Trinajstić information content (AvgIpc) is 2.28. The number of hydrogen-bond donors (Lipinski definition) is 0. The highest BCUT2D eigenvalue weighted by molar-refractivity contribution is 5.80. The minimum atomic E-state index is 0.772. The van der Waals surface area contributed by atoms with Crippen LogP contribution in [0.3, 0.4) is 0 Å². The highest BCUT2D eigenvalue weighted by Crippen LogP contribution is 2.20. The van der Waals surface area contributed by atoms with Crippen molar-refractivity contribution in [2.45, 2.75) is 0 Å². The third-order valence-electron chi connectivity index (χ3n) is 1.43. The molecule has 0 aromatic heterocycles. The molecule has 2 heteroatoms. The van der Waals surface area contributed by atoms with Crippen molar-refractivity contribution in [3.63, 3.8) is 0 Å². The number of fused-ring (bicyclic) bond motifs is 1. The number of nitrogens with zero attached hydrogens (tertiary/aromatic N) is 1. The van der Waals surface area contributed by atoms with Gasteiger partial charge in [0.05, 0.1) is 6.21 Å². The van der Waals surface area contributed by atoms with Crippen LogP contribution in [-0.4, -0.2) is 6.21 Å². The second-order valence-corrected chi connectivity index (χ2v) is 2.17.